The van der Waals surface area contributed by atoms with Crippen molar-refractivity contribution in [3.8, 4) is 5.75 Å². The van der Waals surface area contributed by atoms with Gasteiger partial charge in [0.1, 0.15) is 11.3 Å². The molecule has 26 heavy (non-hydrogen) atoms. The van der Waals surface area contributed by atoms with Gasteiger partial charge in [-0.25, -0.2) is 0 Å². The highest BCUT2D eigenvalue weighted by molar-refractivity contribution is 6.66. The number of furan rings is 1. The molecular weight excluding hydrogens is 331 g/mol. The van der Waals surface area contributed by atoms with Gasteiger partial charge in [-0.15, -0.1) is 0 Å². The van der Waals surface area contributed by atoms with Crippen molar-refractivity contribution in [3.05, 3.63) is 36.6 Å². The van der Waals surface area contributed by atoms with Crippen molar-refractivity contribution in [3.63, 3.8) is 0 Å². The van der Waals surface area contributed by atoms with E-state index in [1.54, 1.807) is 13.4 Å². The maximum Gasteiger partial charge on any atom is 0.495 e. The van der Waals surface area contributed by atoms with Crippen molar-refractivity contribution in [2.24, 2.45) is 0 Å². The maximum atomic E-state index is 6.30. The summed E-state index contributed by atoms with van der Waals surface area (Å²) in [6.07, 6.45) is 1.70. The second kappa shape index (κ2) is 6.01. The van der Waals surface area contributed by atoms with Gasteiger partial charge in [0.2, 0.25) is 0 Å². The number of benzene rings is 2. The Labute approximate surface area is 153 Å². The number of hydrogen-bond donors (Lipinski definition) is 0. The van der Waals surface area contributed by atoms with E-state index in [-0.39, 0.29) is 6.79 Å². The molecule has 0 bridgehead atoms. The zero-order chi connectivity index (χ0) is 18.5. The molecule has 0 radical (unpaired) electrons. The summed E-state index contributed by atoms with van der Waals surface area (Å²) in [5.74, 6) is 0.715. The van der Waals surface area contributed by atoms with Gasteiger partial charge in [-0.3, -0.25) is 0 Å². The van der Waals surface area contributed by atoms with Gasteiger partial charge in [-0.05, 0) is 68.2 Å². The van der Waals surface area contributed by atoms with Crippen molar-refractivity contribution >= 4 is 34.3 Å². The van der Waals surface area contributed by atoms with Crippen LogP contribution in [-0.2, 0) is 14.0 Å². The topological polar surface area (TPSA) is 50.1 Å². The van der Waals surface area contributed by atoms with E-state index in [0.717, 1.165) is 27.2 Å². The Bertz CT molecular complexity index is 943. The first-order valence-electron chi connectivity index (χ1n) is 8.74. The molecule has 6 heteroatoms. The zero-order valence-corrected chi connectivity index (χ0v) is 15.8. The van der Waals surface area contributed by atoms with E-state index in [0.29, 0.717) is 5.75 Å². The third-order valence-corrected chi connectivity index (χ3v) is 5.40. The molecule has 0 saturated carbocycles. The molecule has 1 saturated heterocycles. The maximum absolute atomic E-state index is 6.30. The lowest BCUT2D eigenvalue weighted by Crippen LogP contribution is -2.41. The zero-order valence-electron chi connectivity index (χ0n) is 15.8. The molecule has 2 heterocycles. The van der Waals surface area contributed by atoms with Gasteiger partial charge in [0, 0.05) is 12.5 Å². The highest BCUT2D eigenvalue weighted by Crippen LogP contribution is 2.38. The molecule has 2 aromatic carbocycles. The summed E-state index contributed by atoms with van der Waals surface area (Å²) in [5.41, 5.74) is 0.926. The van der Waals surface area contributed by atoms with Gasteiger partial charge in [-0.2, -0.15) is 0 Å². The van der Waals surface area contributed by atoms with E-state index in [1.165, 1.54) is 0 Å². The number of fused-ring (bicyclic) bond motifs is 3. The van der Waals surface area contributed by atoms with Crippen LogP contribution < -0.4 is 10.2 Å². The summed E-state index contributed by atoms with van der Waals surface area (Å²) in [4.78, 5) is 0. The average molecular weight is 354 g/mol. The van der Waals surface area contributed by atoms with Crippen LogP contribution >= 0.6 is 0 Å². The van der Waals surface area contributed by atoms with Crippen LogP contribution in [-0.4, -0.2) is 32.2 Å². The SMILES string of the molecule is COCOc1cc(B2OC(C)(C)C(C)(C)O2)c2c(ccc3occc32)c1. The summed E-state index contributed by atoms with van der Waals surface area (Å²) in [7, 11) is 1.11. The normalized spacial score (nSPS) is 18.7. The Morgan fingerprint density at radius 2 is 1.73 bits per heavy atom. The molecule has 1 aliphatic heterocycles. The molecule has 0 N–H and O–H groups in total. The minimum Gasteiger partial charge on any atom is -0.468 e. The van der Waals surface area contributed by atoms with Gasteiger partial charge in [0.25, 0.3) is 0 Å². The molecule has 0 atom stereocenters. The lowest BCUT2D eigenvalue weighted by atomic mass is 9.75. The van der Waals surface area contributed by atoms with E-state index in [4.69, 9.17) is 23.2 Å². The van der Waals surface area contributed by atoms with Gasteiger partial charge in [0.15, 0.2) is 6.79 Å². The van der Waals surface area contributed by atoms with Crippen molar-refractivity contribution in [2.45, 2.75) is 38.9 Å². The summed E-state index contributed by atoms with van der Waals surface area (Å²) < 4.78 is 28.9. The van der Waals surface area contributed by atoms with Crippen molar-refractivity contribution in [1.82, 2.24) is 0 Å². The van der Waals surface area contributed by atoms with Crippen LogP contribution in [0.2, 0.25) is 0 Å². The van der Waals surface area contributed by atoms with Crippen LogP contribution in [0.15, 0.2) is 41.0 Å². The Morgan fingerprint density at radius 3 is 2.42 bits per heavy atom. The molecule has 1 fully saturated rings. The third-order valence-electron chi connectivity index (χ3n) is 5.40. The van der Waals surface area contributed by atoms with Crippen molar-refractivity contribution in [1.29, 1.82) is 0 Å². The monoisotopic (exact) mass is 354 g/mol. The Kier molecular flexibility index (Phi) is 4.02. The van der Waals surface area contributed by atoms with E-state index in [2.05, 4.69) is 0 Å². The molecule has 5 nitrogen and oxygen atoms in total. The third kappa shape index (κ3) is 2.69. The molecule has 1 aromatic heterocycles. The van der Waals surface area contributed by atoms with Gasteiger partial charge < -0.3 is 23.2 Å². The second-order valence-electron chi connectivity index (χ2n) is 7.65. The van der Waals surface area contributed by atoms with Crippen LogP contribution in [0.25, 0.3) is 21.7 Å². The first-order chi connectivity index (χ1) is 12.3. The highest BCUT2D eigenvalue weighted by atomic mass is 16.7. The first-order valence-corrected chi connectivity index (χ1v) is 8.74. The minimum atomic E-state index is -0.492. The van der Waals surface area contributed by atoms with E-state index < -0.39 is 18.3 Å². The number of rotatable bonds is 4. The van der Waals surface area contributed by atoms with Crippen LogP contribution in [0.1, 0.15) is 27.7 Å². The molecule has 0 unspecified atom stereocenters. The fourth-order valence-electron chi connectivity index (χ4n) is 3.29. The lowest BCUT2D eigenvalue weighted by molar-refractivity contribution is 0.00578. The smallest absolute Gasteiger partial charge is 0.468 e. The molecule has 136 valence electrons. The van der Waals surface area contributed by atoms with Crippen molar-refractivity contribution < 1.29 is 23.2 Å². The van der Waals surface area contributed by atoms with Crippen LogP contribution in [0, 0.1) is 0 Å². The van der Waals surface area contributed by atoms with Gasteiger partial charge in [0.05, 0.1) is 17.5 Å². The fraction of sp³-hybridized carbons (Fsp3) is 0.400. The number of ether oxygens (including phenoxy) is 2. The molecule has 3 aromatic rings. The first kappa shape index (κ1) is 17.4. The summed E-state index contributed by atoms with van der Waals surface area (Å²) >= 11 is 0. The molecule has 0 aliphatic carbocycles. The molecule has 1 aliphatic rings. The highest BCUT2D eigenvalue weighted by Gasteiger charge is 2.52. The number of hydrogen-bond acceptors (Lipinski definition) is 5. The molecule has 4 rings (SSSR count). The summed E-state index contributed by atoms with van der Waals surface area (Å²) in [5, 5.41) is 3.13. The van der Waals surface area contributed by atoms with Crippen LogP contribution in [0.4, 0.5) is 0 Å². The predicted molar refractivity (Wildman–Crippen MR) is 102 cm³/mol. The lowest BCUT2D eigenvalue weighted by Gasteiger charge is -2.32. The van der Waals surface area contributed by atoms with Crippen LogP contribution in [0.3, 0.4) is 0 Å². The predicted octanol–water partition coefficient (Wildman–Crippen LogP) is 3.87. The van der Waals surface area contributed by atoms with Gasteiger partial charge in [-0.1, -0.05) is 6.07 Å². The number of methoxy groups -OCH3 is 1. The Hall–Kier alpha value is -2.02. The summed E-state index contributed by atoms with van der Waals surface area (Å²) in [6, 6.07) is 9.93. The van der Waals surface area contributed by atoms with Gasteiger partial charge >= 0.3 is 7.12 Å². The molecule has 0 spiro atoms. The average Bonchev–Trinajstić information content (AvgIpc) is 3.14. The second-order valence-corrected chi connectivity index (χ2v) is 7.65. The summed E-state index contributed by atoms with van der Waals surface area (Å²) in [6.45, 7) is 8.38. The minimum absolute atomic E-state index is 0.183. The van der Waals surface area contributed by atoms with Crippen molar-refractivity contribution in [2.75, 3.05) is 13.9 Å². The van der Waals surface area contributed by atoms with Crippen LogP contribution in [0.5, 0.6) is 5.75 Å². The molecular formula is C20H23BO5. The quantitative estimate of drug-likeness (QED) is 0.526. The largest absolute Gasteiger partial charge is 0.495 e. The fourth-order valence-corrected chi connectivity index (χ4v) is 3.29. The standard InChI is InChI=1S/C20H23BO5/c1-19(2)20(3,4)26-21(25-19)16-11-14(24-12-22-5)10-13-6-7-17-15(18(13)16)8-9-23-17/h6-11H,12H2,1-5H3. The van der Waals surface area contributed by atoms with E-state index in [1.807, 2.05) is 58.0 Å². The molecule has 0 amide bonds. The Morgan fingerprint density at radius 1 is 1.00 bits per heavy atom. The Balaban J connectivity index is 1.92. The van der Waals surface area contributed by atoms with E-state index in [9.17, 15) is 0 Å². The van der Waals surface area contributed by atoms with E-state index >= 15 is 0 Å².